The molecule has 4 aromatic carbocycles. The number of nitrogens with two attached hydrogens (primary N) is 1. The van der Waals surface area contributed by atoms with Gasteiger partial charge in [-0.1, -0.05) is 121 Å². The number of hydrogen-bond acceptors (Lipinski definition) is 8. The number of rotatable bonds is 12. The molecule has 0 saturated carbocycles. The summed E-state index contributed by atoms with van der Waals surface area (Å²) in [6.45, 7) is 2.50. The van der Waals surface area contributed by atoms with Crippen molar-refractivity contribution < 1.29 is 33.8 Å². The van der Waals surface area contributed by atoms with Crippen LogP contribution in [-0.4, -0.2) is 63.0 Å². The number of esters is 2. The van der Waals surface area contributed by atoms with Crippen molar-refractivity contribution in [1.29, 1.82) is 0 Å². The molecule has 3 unspecified atom stereocenters. The highest BCUT2D eigenvalue weighted by Crippen LogP contribution is 2.50. The van der Waals surface area contributed by atoms with E-state index < -0.39 is 55.0 Å². The van der Waals surface area contributed by atoms with Gasteiger partial charge in [0, 0.05) is 24.4 Å². The van der Waals surface area contributed by atoms with Crippen LogP contribution in [0.2, 0.25) is 0 Å². The van der Waals surface area contributed by atoms with Crippen molar-refractivity contribution in [1.82, 2.24) is 4.90 Å². The number of carbonyl (C=O) groups excluding carboxylic acids is 4. The average Bonchev–Trinajstić information content (AvgIpc) is 3.12. The molecular weight excluding hydrogens is 683 g/mol. The minimum Gasteiger partial charge on any atom is -0.427 e. The molecule has 0 bridgehead atoms. The smallest absolute Gasteiger partial charge is 0.358 e. The monoisotopic (exact) mass is 724 g/mol. The predicted octanol–water partition coefficient (Wildman–Crippen LogP) is 4.32. The third-order valence-corrected chi connectivity index (χ3v) is 13.3. The van der Waals surface area contributed by atoms with Crippen molar-refractivity contribution >= 4 is 69.1 Å². The molecule has 0 aromatic heterocycles. The zero-order valence-corrected chi connectivity index (χ0v) is 30.6. The Morgan fingerprint density at radius 2 is 1.31 bits per heavy atom. The van der Waals surface area contributed by atoms with Crippen LogP contribution in [0.25, 0.3) is 0 Å². The number of likely N-dealkylation sites (tertiary alicyclic amines) is 1. The van der Waals surface area contributed by atoms with E-state index in [4.69, 9.17) is 27.4 Å². The molecule has 1 aliphatic rings. The lowest BCUT2D eigenvalue weighted by Gasteiger charge is -2.50. The Morgan fingerprint density at radius 1 is 0.824 bits per heavy atom. The molecule has 11 heteroatoms. The summed E-state index contributed by atoms with van der Waals surface area (Å²) in [6, 6.07) is 33.8. The largest absolute Gasteiger partial charge is 0.427 e. The van der Waals surface area contributed by atoms with Gasteiger partial charge in [0.1, 0.15) is 10.4 Å². The molecule has 3 atom stereocenters. The maximum Gasteiger partial charge on any atom is 0.358 e. The molecule has 264 valence electrons. The van der Waals surface area contributed by atoms with Crippen LogP contribution in [0.4, 0.5) is 0 Å². The summed E-state index contributed by atoms with van der Waals surface area (Å²) in [7, 11) is 0. The van der Waals surface area contributed by atoms with Gasteiger partial charge < -0.3 is 25.2 Å². The Labute approximate surface area is 303 Å². The Hall–Kier alpha value is -4.89. The predicted molar refractivity (Wildman–Crippen MR) is 204 cm³/mol. The van der Waals surface area contributed by atoms with Gasteiger partial charge in [-0.2, -0.15) is 0 Å². The molecular formula is C40H41N2O7PS. The molecule has 1 aliphatic heterocycles. The molecule has 0 aliphatic carbocycles. The van der Waals surface area contributed by atoms with Crippen molar-refractivity contribution in [2.75, 3.05) is 6.79 Å². The van der Waals surface area contributed by atoms with E-state index in [9.17, 15) is 24.3 Å². The Kier molecular flexibility index (Phi) is 11.4. The molecule has 0 radical (unpaired) electrons. The Bertz CT molecular complexity index is 1890. The first kappa shape index (κ1) is 37.4. The number of ether oxygens (including phenoxy) is 2. The number of Topliss-reactive ketones (excluding diaryl/α,β-unsaturated/α-hetero) is 1. The molecule has 3 N–H and O–H groups in total. The summed E-state index contributed by atoms with van der Waals surface area (Å²) in [5.41, 5.74) is 5.80. The van der Waals surface area contributed by atoms with Gasteiger partial charge in [-0.05, 0) is 49.7 Å². The van der Waals surface area contributed by atoms with Crippen LogP contribution >= 0.6 is 19.1 Å². The highest BCUT2D eigenvalue weighted by molar-refractivity contribution is 7.96. The van der Waals surface area contributed by atoms with Gasteiger partial charge in [0.05, 0.1) is 23.5 Å². The van der Waals surface area contributed by atoms with Crippen molar-refractivity contribution in [3.05, 3.63) is 126 Å². The summed E-state index contributed by atoms with van der Waals surface area (Å²) >= 11 is 5.13. The van der Waals surface area contributed by atoms with Crippen LogP contribution < -0.4 is 21.6 Å². The van der Waals surface area contributed by atoms with E-state index in [-0.39, 0.29) is 22.6 Å². The molecule has 1 heterocycles. The van der Waals surface area contributed by atoms with Gasteiger partial charge in [0.25, 0.3) is 0 Å². The van der Waals surface area contributed by atoms with Gasteiger partial charge in [0.2, 0.25) is 12.7 Å². The third-order valence-electron chi connectivity index (χ3n) is 8.80. The zero-order chi connectivity index (χ0) is 36.9. The van der Waals surface area contributed by atoms with E-state index in [1.54, 1.807) is 45.0 Å². The molecule has 1 fully saturated rings. The highest BCUT2D eigenvalue weighted by atomic mass is 32.1. The number of aliphatic hydroxyl groups is 1. The Balaban J connectivity index is 1.79. The molecule has 1 saturated heterocycles. The lowest BCUT2D eigenvalue weighted by atomic mass is 9.79. The molecule has 51 heavy (non-hydrogen) atoms. The van der Waals surface area contributed by atoms with Crippen molar-refractivity contribution in [2.24, 2.45) is 17.1 Å². The van der Waals surface area contributed by atoms with E-state index in [0.29, 0.717) is 11.1 Å². The van der Waals surface area contributed by atoms with E-state index >= 15 is 0 Å². The number of carbonyl (C=O) groups is 4. The fourth-order valence-corrected chi connectivity index (χ4v) is 10.8. The highest BCUT2D eigenvalue weighted by Gasteiger charge is 2.55. The van der Waals surface area contributed by atoms with Crippen molar-refractivity contribution in [3.63, 3.8) is 0 Å². The van der Waals surface area contributed by atoms with Crippen LogP contribution in [-0.2, 0) is 23.9 Å². The zero-order valence-electron chi connectivity index (χ0n) is 28.9. The van der Waals surface area contributed by atoms with E-state index in [2.05, 4.69) is 0 Å². The summed E-state index contributed by atoms with van der Waals surface area (Å²) in [5.74, 6) is -3.35. The molecule has 4 aromatic rings. The van der Waals surface area contributed by atoms with Crippen LogP contribution in [0.5, 0.6) is 0 Å². The second kappa shape index (κ2) is 15.6. The number of amides is 1. The number of nitrogens with zero attached hydrogens (tertiary/aromatic N) is 1. The number of benzene rings is 4. The Morgan fingerprint density at radius 3 is 1.76 bits per heavy atom. The normalized spacial score (nSPS) is 16.4. The summed E-state index contributed by atoms with van der Waals surface area (Å²) in [6.07, 6.45) is -1.37. The van der Waals surface area contributed by atoms with Crippen molar-refractivity contribution in [2.45, 2.75) is 46.3 Å². The van der Waals surface area contributed by atoms with Gasteiger partial charge in [-0.25, -0.2) is 4.79 Å². The number of ketones is 1. The maximum absolute atomic E-state index is 14.8. The molecule has 5 rings (SSSR count). The van der Waals surface area contributed by atoms with Gasteiger partial charge in [-0.3, -0.25) is 14.4 Å². The molecule has 0 spiro atoms. The minimum atomic E-state index is -3.32. The van der Waals surface area contributed by atoms with Crippen LogP contribution in [0.15, 0.2) is 115 Å². The topological polar surface area (TPSA) is 136 Å². The second-order valence-corrected chi connectivity index (χ2v) is 17.1. The quantitative estimate of drug-likeness (QED) is 0.0547. The first-order valence-corrected chi connectivity index (χ1v) is 18.7. The van der Waals surface area contributed by atoms with E-state index in [1.807, 2.05) is 91.0 Å². The van der Waals surface area contributed by atoms with Gasteiger partial charge >= 0.3 is 11.9 Å². The summed E-state index contributed by atoms with van der Waals surface area (Å²) < 4.78 is 11.1. The third kappa shape index (κ3) is 7.59. The van der Waals surface area contributed by atoms with Crippen LogP contribution in [0, 0.1) is 11.3 Å². The minimum absolute atomic E-state index is 0.00510. The second-order valence-electron chi connectivity index (χ2n) is 13.3. The fraction of sp³-hybridized carbons (Fsp3) is 0.250. The summed E-state index contributed by atoms with van der Waals surface area (Å²) in [4.78, 5) is 57.3. The SMILES string of the molecule is CC(O)C1C(=O)N(C(C(=O)OCOC(=O)C(C)(C)C)=P(c2ccccc2)(c2ccccc2)c2ccccc2)C1CC(=O)c1cccc(C(N)=S)c1. The van der Waals surface area contributed by atoms with Crippen molar-refractivity contribution in [3.8, 4) is 0 Å². The number of thiocarbonyl (C=S) groups is 1. The van der Waals surface area contributed by atoms with Crippen LogP contribution in [0.1, 0.15) is 50.0 Å². The average molecular weight is 725 g/mol. The molecule has 1 amide bonds. The first-order chi connectivity index (χ1) is 24.3. The molecule has 9 nitrogen and oxygen atoms in total. The number of β-lactam (4-membered cyclic amide) rings is 1. The fourth-order valence-electron chi connectivity index (χ4n) is 6.31. The summed E-state index contributed by atoms with van der Waals surface area (Å²) in [5, 5.41) is 13.1. The van der Waals surface area contributed by atoms with Gasteiger partial charge in [0.15, 0.2) is 5.78 Å². The van der Waals surface area contributed by atoms with E-state index in [1.165, 1.54) is 11.8 Å². The van der Waals surface area contributed by atoms with Gasteiger partial charge in [-0.15, -0.1) is 0 Å². The van der Waals surface area contributed by atoms with Crippen LogP contribution in [0.3, 0.4) is 0 Å². The first-order valence-electron chi connectivity index (χ1n) is 16.5. The lowest BCUT2D eigenvalue weighted by molar-refractivity contribution is -0.171. The van der Waals surface area contributed by atoms with E-state index in [0.717, 1.165) is 15.9 Å². The standard InChI is InChI=1S/C40H41N2O7PS/c1-26(43)34-32(24-33(44)27-15-14-16-28(23-27)35(41)51)42(36(34)45)37(38(46)48-25-49-39(47)40(2,3)4)50(29-17-8-5-9-18-29,30-19-10-6-11-20-30)31-21-12-7-13-22-31/h5-23,26,32,34,43H,24-25H2,1-4H3,(H2,41,51). The lowest BCUT2D eigenvalue weighted by Crippen LogP contribution is -2.68. The number of aliphatic hydroxyl groups excluding tert-OH is 1. The number of hydrogen-bond donors (Lipinski definition) is 2. The maximum atomic E-state index is 14.8.